The standard InChI is InChI=1S/C27H24N2O5S/c1-2-3-16-34-27(33)18-12-14-20(15-13-18)29-25(31)23(28-19-8-7-9-21(30)17-19)24(26(29)32)35-22-10-5-4-6-11-22/h4-15,17,28,30H,2-3,16H2,1H3. The van der Waals surface area contributed by atoms with Gasteiger partial charge in [0.25, 0.3) is 11.8 Å². The van der Waals surface area contributed by atoms with Crippen molar-refractivity contribution < 1.29 is 24.2 Å². The fourth-order valence-electron chi connectivity index (χ4n) is 3.42. The zero-order valence-corrected chi connectivity index (χ0v) is 19.9. The normalized spacial score (nSPS) is 13.3. The lowest BCUT2D eigenvalue weighted by Gasteiger charge is -2.16. The SMILES string of the molecule is CCCCOC(=O)c1ccc(N2C(=O)C(Nc3cccc(O)c3)=C(Sc3ccccc3)C2=O)cc1. The summed E-state index contributed by atoms with van der Waals surface area (Å²) in [7, 11) is 0. The van der Waals surface area contributed by atoms with E-state index in [0.29, 0.717) is 23.5 Å². The maximum Gasteiger partial charge on any atom is 0.338 e. The number of imide groups is 1. The van der Waals surface area contributed by atoms with Crippen molar-refractivity contribution in [3.05, 3.63) is 95.0 Å². The number of amides is 2. The van der Waals surface area contributed by atoms with Crippen LogP contribution < -0.4 is 10.2 Å². The molecule has 0 saturated carbocycles. The van der Waals surface area contributed by atoms with Gasteiger partial charge >= 0.3 is 5.97 Å². The van der Waals surface area contributed by atoms with Gasteiger partial charge in [-0.25, -0.2) is 9.69 Å². The predicted octanol–water partition coefficient (Wildman–Crippen LogP) is 5.34. The third-order valence-corrected chi connectivity index (χ3v) is 6.30. The highest BCUT2D eigenvalue weighted by atomic mass is 32.2. The number of carbonyl (C=O) groups excluding carboxylic acids is 3. The average molecular weight is 489 g/mol. The predicted molar refractivity (Wildman–Crippen MR) is 135 cm³/mol. The molecule has 3 aromatic rings. The van der Waals surface area contributed by atoms with Crippen molar-refractivity contribution >= 4 is 40.9 Å². The second-order valence-corrected chi connectivity index (χ2v) is 8.86. The Kier molecular flexibility index (Phi) is 7.52. The van der Waals surface area contributed by atoms with Crippen LogP contribution in [0.2, 0.25) is 0 Å². The minimum Gasteiger partial charge on any atom is -0.508 e. The van der Waals surface area contributed by atoms with Gasteiger partial charge < -0.3 is 15.2 Å². The molecule has 2 N–H and O–H groups in total. The van der Waals surface area contributed by atoms with Crippen molar-refractivity contribution in [1.29, 1.82) is 0 Å². The summed E-state index contributed by atoms with van der Waals surface area (Å²) in [6, 6.07) is 21.8. The summed E-state index contributed by atoms with van der Waals surface area (Å²) in [6.07, 6.45) is 1.70. The fourth-order valence-corrected chi connectivity index (χ4v) is 4.37. The van der Waals surface area contributed by atoms with Gasteiger partial charge in [-0.1, -0.05) is 49.4 Å². The number of carbonyl (C=O) groups is 3. The van der Waals surface area contributed by atoms with Crippen molar-refractivity contribution in [1.82, 2.24) is 0 Å². The molecule has 0 saturated heterocycles. The van der Waals surface area contributed by atoms with Crippen molar-refractivity contribution in [2.75, 3.05) is 16.8 Å². The van der Waals surface area contributed by atoms with Crippen molar-refractivity contribution in [2.24, 2.45) is 0 Å². The molecule has 8 heteroatoms. The van der Waals surface area contributed by atoms with E-state index in [9.17, 15) is 19.5 Å². The number of phenols is 1. The van der Waals surface area contributed by atoms with Crippen molar-refractivity contribution in [3.63, 3.8) is 0 Å². The molecule has 1 heterocycles. The van der Waals surface area contributed by atoms with Gasteiger partial charge in [-0.3, -0.25) is 9.59 Å². The van der Waals surface area contributed by atoms with E-state index in [-0.39, 0.29) is 16.4 Å². The topological polar surface area (TPSA) is 95.9 Å². The first kappa shape index (κ1) is 24.1. The molecule has 0 atom stereocenters. The number of benzene rings is 3. The minimum atomic E-state index is -0.532. The van der Waals surface area contributed by atoms with Gasteiger partial charge in [0.05, 0.1) is 17.9 Å². The van der Waals surface area contributed by atoms with Crippen LogP contribution >= 0.6 is 11.8 Å². The number of thioether (sulfide) groups is 1. The molecule has 4 rings (SSSR count). The highest BCUT2D eigenvalue weighted by Crippen LogP contribution is 2.38. The molecule has 0 radical (unpaired) electrons. The van der Waals surface area contributed by atoms with Gasteiger partial charge in [-0.05, 0) is 55.0 Å². The van der Waals surface area contributed by atoms with Crippen LogP contribution in [0.4, 0.5) is 11.4 Å². The van der Waals surface area contributed by atoms with Gasteiger partial charge in [0.15, 0.2) is 0 Å². The Labute approximate surface area is 207 Å². The first-order valence-corrected chi connectivity index (χ1v) is 12.0. The number of esters is 1. The molecule has 1 aliphatic rings. The summed E-state index contributed by atoms with van der Waals surface area (Å²) >= 11 is 1.18. The zero-order valence-electron chi connectivity index (χ0n) is 19.1. The molecule has 35 heavy (non-hydrogen) atoms. The lowest BCUT2D eigenvalue weighted by Crippen LogP contribution is -2.32. The Morgan fingerprint density at radius 2 is 1.71 bits per heavy atom. The number of phenolic OH excluding ortho intramolecular Hbond substituents is 1. The van der Waals surface area contributed by atoms with E-state index < -0.39 is 17.8 Å². The lowest BCUT2D eigenvalue weighted by atomic mass is 10.2. The zero-order chi connectivity index (χ0) is 24.8. The first-order chi connectivity index (χ1) is 17.0. The summed E-state index contributed by atoms with van der Waals surface area (Å²) < 4.78 is 5.22. The molecular formula is C27H24N2O5S. The van der Waals surface area contributed by atoms with Crippen LogP contribution in [0, 0.1) is 0 Å². The number of anilines is 2. The Hall–Kier alpha value is -4.04. The molecular weight excluding hydrogens is 464 g/mol. The molecule has 0 spiro atoms. The maximum absolute atomic E-state index is 13.4. The number of ether oxygens (including phenoxy) is 1. The van der Waals surface area contributed by atoms with Crippen LogP contribution in [0.15, 0.2) is 94.4 Å². The monoisotopic (exact) mass is 488 g/mol. The quantitative estimate of drug-likeness (QED) is 0.238. The number of hydrogen-bond donors (Lipinski definition) is 2. The highest BCUT2D eigenvalue weighted by molar-refractivity contribution is 8.04. The van der Waals surface area contributed by atoms with Crippen LogP contribution in [0.25, 0.3) is 0 Å². The van der Waals surface area contributed by atoms with Crippen molar-refractivity contribution in [2.45, 2.75) is 24.7 Å². The molecule has 2 amide bonds. The van der Waals surface area contributed by atoms with E-state index in [1.807, 2.05) is 37.3 Å². The van der Waals surface area contributed by atoms with E-state index in [2.05, 4.69) is 5.32 Å². The molecule has 3 aromatic carbocycles. The largest absolute Gasteiger partial charge is 0.508 e. The second-order valence-electron chi connectivity index (χ2n) is 7.78. The summed E-state index contributed by atoms with van der Waals surface area (Å²) in [5.74, 6) is -1.43. The Morgan fingerprint density at radius 1 is 0.971 bits per heavy atom. The number of unbranched alkanes of at least 4 members (excludes halogenated alkanes) is 1. The molecule has 0 aliphatic carbocycles. The van der Waals surface area contributed by atoms with Crippen LogP contribution in [-0.4, -0.2) is 29.5 Å². The highest BCUT2D eigenvalue weighted by Gasteiger charge is 2.40. The third-order valence-electron chi connectivity index (χ3n) is 5.21. The van der Waals surface area contributed by atoms with Crippen LogP contribution in [0.3, 0.4) is 0 Å². The van der Waals surface area contributed by atoms with Crippen LogP contribution in [0.5, 0.6) is 5.75 Å². The van der Waals surface area contributed by atoms with Gasteiger partial charge in [0.2, 0.25) is 0 Å². The molecule has 0 aromatic heterocycles. The molecule has 0 fully saturated rings. The molecule has 1 aliphatic heterocycles. The summed E-state index contributed by atoms with van der Waals surface area (Å²) in [6.45, 7) is 2.35. The van der Waals surface area contributed by atoms with Gasteiger partial charge in [-0.2, -0.15) is 0 Å². The van der Waals surface area contributed by atoms with Crippen molar-refractivity contribution in [3.8, 4) is 5.75 Å². The second kappa shape index (κ2) is 10.9. The first-order valence-electron chi connectivity index (χ1n) is 11.2. The Bertz CT molecular complexity index is 1270. The van der Waals surface area contributed by atoms with E-state index in [1.165, 1.54) is 36.0 Å². The molecule has 0 bridgehead atoms. The minimum absolute atomic E-state index is 0.0305. The maximum atomic E-state index is 13.4. The van der Waals surface area contributed by atoms with Gasteiger partial charge in [0.1, 0.15) is 16.4 Å². The molecule has 0 unspecified atom stereocenters. The lowest BCUT2D eigenvalue weighted by molar-refractivity contribution is -0.120. The van der Waals surface area contributed by atoms with Crippen LogP contribution in [-0.2, 0) is 14.3 Å². The Morgan fingerprint density at radius 3 is 2.40 bits per heavy atom. The number of nitrogens with zero attached hydrogens (tertiary/aromatic N) is 1. The van der Waals surface area contributed by atoms with Gasteiger partial charge in [-0.15, -0.1) is 0 Å². The van der Waals surface area contributed by atoms with E-state index >= 15 is 0 Å². The van der Waals surface area contributed by atoms with Crippen LogP contribution in [0.1, 0.15) is 30.1 Å². The summed E-state index contributed by atoms with van der Waals surface area (Å²) in [4.78, 5) is 41.1. The van der Waals surface area contributed by atoms with Gasteiger partial charge in [0, 0.05) is 16.6 Å². The van der Waals surface area contributed by atoms with E-state index in [1.54, 1.807) is 24.3 Å². The number of hydrogen-bond acceptors (Lipinski definition) is 7. The molecule has 178 valence electrons. The number of rotatable bonds is 9. The average Bonchev–Trinajstić information content (AvgIpc) is 3.09. The molecule has 7 nitrogen and oxygen atoms in total. The Balaban J connectivity index is 1.62. The van der Waals surface area contributed by atoms with E-state index in [0.717, 1.165) is 22.6 Å². The number of aromatic hydroxyl groups is 1. The summed E-state index contributed by atoms with van der Waals surface area (Å²) in [5.41, 5.74) is 1.26. The summed E-state index contributed by atoms with van der Waals surface area (Å²) in [5, 5.41) is 12.8. The van der Waals surface area contributed by atoms with E-state index in [4.69, 9.17) is 4.74 Å². The number of nitrogens with one attached hydrogen (secondary N) is 1. The third kappa shape index (κ3) is 5.55. The smallest absolute Gasteiger partial charge is 0.338 e. The fraction of sp³-hybridized carbons (Fsp3) is 0.148.